The van der Waals surface area contributed by atoms with Crippen molar-refractivity contribution in [3.8, 4) is 22.5 Å². The van der Waals surface area contributed by atoms with Gasteiger partial charge in [-0.05, 0) is 36.4 Å². The zero-order chi connectivity index (χ0) is 17.8. The Bertz CT molecular complexity index is 1020. The fraction of sp³-hybridized carbons (Fsp3) is 0. The minimum atomic E-state index is -0.324. The zero-order valence-corrected chi connectivity index (χ0v) is 13.7. The summed E-state index contributed by atoms with van der Waals surface area (Å²) in [6.45, 7) is 0. The molecule has 3 heterocycles. The highest BCUT2D eigenvalue weighted by molar-refractivity contribution is 5.79. The second kappa shape index (κ2) is 7.06. The molecule has 0 radical (unpaired) electrons. The van der Waals surface area contributed by atoms with E-state index in [1.54, 1.807) is 37.1 Å². The molecule has 0 saturated heterocycles. The maximum atomic E-state index is 13.8. The molecule has 5 nitrogen and oxygen atoms in total. The third kappa shape index (κ3) is 3.39. The van der Waals surface area contributed by atoms with Crippen LogP contribution >= 0.6 is 0 Å². The van der Waals surface area contributed by atoms with E-state index in [2.05, 4.69) is 25.3 Å². The molecule has 0 aliphatic rings. The summed E-state index contributed by atoms with van der Waals surface area (Å²) in [4.78, 5) is 17.3. The molecular formula is C20H14FN5. The van der Waals surface area contributed by atoms with Gasteiger partial charge in [0.1, 0.15) is 11.6 Å². The normalized spacial score (nSPS) is 10.5. The van der Waals surface area contributed by atoms with Crippen molar-refractivity contribution in [1.82, 2.24) is 19.9 Å². The van der Waals surface area contributed by atoms with E-state index in [0.717, 1.165) is 11.3 Å². The van der Waals surface area contributed by atoms with Gasteiger partial charge < -0.3 is 5.32 Å². The van der Waals surface area contributed by atoms with Crippen molar-refractivity contribution in [2.24, 2.45) is 0 Å². The van der Waals surface area contributed by atoms with Gasteiger partial charge in [0.2, 0.25) is 0 Å². The van der Waals surface area contributed by atoms with E-state index in [1.807, 2.05) is 30.3 Å². The van der Waals surface area contributed by atoms with E-state index >= 15 is 0 Å². The Morgan fingerprint density at radius 1 is 0.769 bits per heavy atom. The van der Waals surface area contributed by atoms with Gasteiger partial charge in [-0.15, -0.1) is 0 Å². The Morgan fingerprint density at radius 2 is 1.65 bits per heavy atom. The van der Waals surface area contributed by atoms with Crippen LogP contribution in [0, 0.1) is 5.82 Å². The first-order valence-corrected chi connectivity index (χ1v) is 8.00. The van der Waals surface area contributed by atoms with Gasteiger partial charge in [-0.2, -0.15) is 0 Å². The van der Waals surface area contributed by atoms with Crippen LogP contribution in [0.1, 0.15) is 0 Å². The smallest absolute Gasteiger partial charge is 0.149 e. The number of nitrogens with one attached hydrogen (secondary N) is 1. The first-order valence-electron chi connectivity index (χ1n) is 8.00. The largest absolute Gasteiger partial charge is 0.338 e. The molecule has 26 heavy (non-hydrogen) atoms. The van der Waals surface area contributed by atoms with Crippen molar-refractivity contribution < 1.29 is 4.39 Å². The van der Waals surface area contributed by atoms with Gasteiger partial charge >= 0.3 is 0 Å². The standard InChI is InChI=1S/C20H14FN5/c21-16-4-1-3-15(11-16)20-19(14-6-9-22-10-7-14)24-13-18(26-20)25-17-5-2-8-23-12-17/h1-13H,(H,25,26). The minimum absolute atomic E-state index is 0.324. The molecule has 0 atom stereocenters. The van der Waals surface area contributed by atoms with Crippen molar-refractivity contribution in [2.75, 3.05) is 5.32 Å². The van der Waals surface area contributed by atoms with E-state index in [9.17, 15) is 4.39 Å². The Kier molecular flexibility index (Phi) is 4.30. The van der Waals surface area contributed by atoms with Gasteiger partial charge in [0.25, 0.3) is 0 Å². The van der Waals surface area contributed by atoms with Gasteiger partial charge in [0.15, 0.2) is 0 Å². The summed E-state index contributed by atoms with van der Waals surface area (Å²) in [6.07, 6.45) is 8.41. The molecule has 0 aliphatic heterocycles. The number of benzene rings is 1. The van der Waals surface area contributed by atoms with Crippen LogP contribution in [0.5, 0.6) is 0 Å². The molecule has 3 aromatic heterocycles. The van der Waals surface area contributed by atoms with Crippen molar-refractivity contribution in [2.45, 2.75) is 0 Å². The first-order chi connectivity index (χ1) is 12.8. The third-order valence-corrected chi connectivity index (χ3v) is 3.76. The summed E-state index contributed by atoms with van der Waals surface area (Å²) < 4.78 is 13.8. The second-order valence-corrected chi connectivity index (χ2v) is 5.57. The lowest BCUT2D eigenvalue weighted by Gasteiger charge is -2.12. The molecule has 0 spiro atoms. The summed E-state index contributed by atoms with van der Waals surface area (Å²) >= 11 is 0. The summed E-state index contributed by atoms with van der Waals surface area (Å²) in [5, 5.41) is 3.17. The van der Waals surface area contributed by atoms with E-state index in [0.29, 0.717) is 22.8 Å². The topological polar surface area (TPSA) is 63.6 Å². The summed E-state index contributed by atoms with van der Waals surface area (Å²) in [6, 6.07) is 13.7. The van der Waals surface area contributed by atoms with Crippen LogP contribution in [0.3, 0.4) is 0 Å². The fourth-order valence-corrected chi connectivity index (χ4v) is 2.59. The monoisotopic (exact) mass is 343 g/mol. The SMILES string of the molecule is Fc1cccc(-c2nc(Nc3cccnc3)cnc2-c2ccncc2)c1. The van der Waals surface area contributed by atoms with Gasteiger partial charge in [-0.3, -0.25) is 15.0 Å². The molecule has 0 unspecified atom stereocenters. The second-order valence-electron chi connectivity index (χ2n) is 5.57. The number of anilines is 2. The average molecular weight is 343 g/mol. The van der Waals surface area contributed by atoms with E-state index in [1.165, 1.54) is 12.1 Å². The quantitative estimate of drug-likeness (QED) is 0.592. The fourth-order valence-electron chi connectivity index (χ4n) is 2.59. The van der Waals surface area contributed by atoms with Crippen molar-refractivity contribution in [3.05, 3.63) is 85.3 Å². The number of halogens is 1. The highest BCUT2D eigenvalue weighted by atomic mass is 19.1. The molecule has 0 saturated carbocycles. The Hall–Kier alpha value is -3.67. The van der Waals surface area contributed by atoms with Crippen LogP contribution in [0.2, 0.25) is 0 Å². The molecule has 0 amide bonds. The molecule has 4 rings (SSSR count). The van der Waals surface area contributed by atoms with Gasteiger partial charge in [-0.1, -0.05) is 12.1 Å². The average Bonchev–Trinajstić information content (AvgIpc) is 2.69. The summed E-state index contributed by atoms with van der Waals surface area (Å²) in [7, 11) is 0. The summed E-state index contributed by atoms with van der Waals surface area (Å²) in [5.41, 5.74) is 3.56. The van der Waals surface area contributed by atoms with Gasteiger partial charge in [0.05, 0.1) is 29.5 Å². The highest BCUT2D eigenvalue weighted by Crippen LogP contribution is 2.30. The Labute approximate surface area is 149 Å². The minimum Gasteiger partial charge on any atom is -0.338 e. The lowest BCUT2D eigenvalue weighted by atomic mass is 10.0. The number of hydrogen-bond acceptors (Lipinski definition) is 5. The Balaban J connectivity index is 1.82. The highest BCUT2D eigenvalue weighted by Gasteiger charge is 2.13. The first kappa shape index (κ1) is 15.8. The van der Waals surface area contributed by atoms with Crippen LogP contribution in [-0.2, 0) is 0 Å². The van der Waals surface area contributed by atoms with Crippen molar-refractivity contribution in [3.63, 3.8) is 0 Å². The predicted molar refractivity (Wildman–Crippen MR) is 98.2 cm³/mol. The molecule has 126 valence electrons. The third-order valence-electron chi connectivity index (χ3n) is 3.76. The van der Waals surface area contributed by atoms with Crippen LogP contribution in [-0.4, -0.2) is 19.9 Å². The van der Waals surface area contributed by atoms with E-state index in [-0.39, 0.29) is 5.82 Å². The van der Waals surface area contributed by atoms with Gasteiger partial charge in [-0.25, -0.2) is 9.37 Å². The number of aromatic nitrogens is 4. The lowest BCUT2D eigenvalue weighted by molar-refractivity contribution is 0.628. The molecule has 0 aliphatic carbocycles. The van der Waals surface area contributed by atoms with Crippen molar-refractivity contribution >= 4 is 11.5 Å². The maximum Gasteiger partial charge on any atom is 0.149 e. The maximum absolute atomic E-state index is 13.8. The van der Waals surface area contributed by atoms with Crippen LogP contribution in [0.15, 0.2) is 79.5 Å². The zero-order valence-electron chi connectivity index (χ0n) is 13.7. The van der Waals surface area contributed by atoms with Crippen LogP contribution in [0.25, 0.3) is 22.5 Å². The number of rotatable bonds is 4. The number of nitrogens with zero attached hydrogens (tertiary/aromatic N) is 4. The van der Waals surface area contributed by atoms with Crippen molar-refractivity contribution in [1.29, 1.82) is 0 Å². The molecule has 1 N–H and O–H groups in total. The molecule has 0 fully saturated rings. The number of pyridine rings is 2. The molecule has 6 heteroatoms. The number of hydrogen-bond donors (Lipinski definition) is 1. The predicted octanol–water partition coefficient (Wildman–Crippen LogP) is 4.48. The lowest BCUT2D eigenvalue weighted by Crippen LogP contribution is -2.00. The van der Waals surface area contributed by atoms with Gasteiger partial charge in [0, 0.05) is 29.7 Å². The molecular weight excluding hydrogens is 329 g/mol. The molecule has 0 bridgehead atoms. The van der Waals surface area contributed by atoms with Crippen LogP contribution in [0.4, 0.5) is 15.9 Å². The Morgan fingerprint density at radius 3 is 2.42 bits per heavy atom. The van der Waals surface area contributed by atoms with E-state index < -0.39 is 0 Å². The van der Waals surface area contributed by atoms with E-state index in [4.69, 9.17) is 0 Å². The molecule has 4 aromatic rings. The van der Waals surface area contributed by atoms with Crippen LogP contribution < -0.4 is 5.32 Å². The molecule has 1 aromatic carbocycles. The summed E-state index contributed by atoms with van der Waals surface area (Å²) in [5.74, 6) is 0.227.